The Hall–Kier alpha value is -4.38. The highest BCUT2D eigenvalue weighted by Gasteiger charge is 2.12. The Morgan fingerprint density at radius 2 is 1.84 bits per heavy atom. The van der Waals surface area contributed by atoms with E-state index in [4.69, 9.17) is 5.73 Å². The van der Waals surface area contributed by atoms with Gasteiger partial charge in [-0.15, -0.1) is 0 Å². The zero-order valence-corrected chi connectivity index (χ0v) is 17.0. The van der Waals surface area contributed by atoms with Gasteiger partial charge in [0.05, 0.1) is 29.6 Å². The fraction of sp³-hybridized carbons (Fsp3) is 0.0833. The van der Waals surface area contributed by atoms with Crippen molar-refractivity contribution in [1.82, 2.24) is 14.5 Å². The molecule has 158 valence electrons. The number of hydrogen-bond acceptors (Lipinski definition) is 5. The van der Waals surface area contributed by atoms with Crippen LogP contribution in [0, 0.1) is 29.9 Å². The minimum absolute atomic E-state index is 0.0248. The van der Waals surface area contributed by atoms with E-state index >= 15 is 0 Å². The van der Waals surface area contributed by atoms with Gasteiger partial charge in [-0.25, -0.2) is 18.7 Å². The summed E-state index contributed by atoms with van der Waals surface area (Å²) in [6, 6.07) is 15.4. The molecule has 4 rings (SSSR count). The number of benzene rings is 2. The number of hydrogen-bond donors (Lipinski definition) is 1. The molecule has 0 spiro atoms. The highest BCUT2D eigenvalue weighted by Crippen LogP contribution is 2.27. The largest absolute Gasteiger partial charge is 0.368 e. The summed E-state index contributed by atoms with van der Waals surface area (Å²) in [5.74, 6) is -1.37. The van der Waals surface area contributed by atoms with Crippen molar-refractivity contribution >= 4 is 5.95 Å². The van der Waals surface area contributed by atoms with Crippen LogP contribution in [0.3, 0.4) is 0 Å². The van der Waals surface area contributed by atoms with Crippen LogP contribution in [0.15, 0.2) is 65.6 Å². The topological polar surface area (TPSA) is 97.6 Å². The van der Waals surface area contributed by atoms with Gasteiger partial charge in [0.2, 0.25) is 5.95 Å². The quantitative estimate of drug-likeness (QED) is 0.528. The Kier molecular flexibility index (Phi) is 5.48. The Bertz CT molecular complexity index is 1440. The lowest BCUT2D eigenvalue weighted by Gasteiger charge is -2.11. The Morgan fingerprint density at radius 3 is 2.56 bits per heavy atom. The first kappa shape index (κ1) is 20.9. The summed E-state index contributed by atoms with van der Waals surface area (Å²) in [4.78, 5) is 21.1. The van der Waals surface area contributed by atoms with Crippen LogP contribution in [0.25, 0.3) is 22.5 Å². The van der Waals surface area contributed by atoms with Gasteiger partial charge >= 0.3 is 0 Å². The molecule has 0 saturated carbocycles. The van der Waals surface area contributed by atoms with E-state index in [0.29, 0.717) is 22.5 Å². The number of nitriles is 1. The van der Waals surface area contributed by atoms with E-state index in [1.807, 2.05) is 13.0 Å². The Labute approximate surface area is 182 Å². The molecule has 8 heteroatoms. The number of anilines is 1. The molecule has 0 amide bonds. The number of rotatable bonds is 4. The van der Waals surface area contributed by atoms with Crippen molar-refractivity contribution in [3.63, 3.8) is 0 Å². The van der Waals surface area contributed by atoms with Crippen LogP contribution >= 0.6 is 0 Å². The van der Waals surface area contributed by atoms with Gasteiger partial charge in [0.25, 0.3) is 5.56 Å². The SMILES string of the molecule is Cc1c(C#N)cccc1-c1cc(-c2ccn(Cc3ccc(F)cc3F)c(=O)c2)nc(N)n1. The number of nitrogens with zero attached hydrogens (tertiary/aromatic N) is 4. The van der Waals surface area contributed by atoms with E-state index in [1.54, 1.807) is 24.3 Å². The molecule has 4 aromatic rings. The standard InChI is InChI=1S/C24H17F2N5O/c1-14-16(12-27)3-2-4-19(14)22-11-21(29-24(28)30-22)15-7-8-31(23(32)9-15)13-17-5-6-18(25)10-20(17)26/h2-11H,13H2,1H3,(H2,28,29,30). The van der Waals surface area contributed by atoms with Crippen molar-refractivity contribution in [2.24, 2.45) is 0 Å². The molecule has 0 aliphatic carbocycles. The highest BCUT2D eigenvalue weighted by molar-refractivity contribution is 5.72. The minimum Gasteiger partial charge on any atom is -0.368 e. The molecule has 0 bridgehead atoms. The summed E-state index contributed by atoms with van der Waals surface area (Å²) in [6.45, 7) is 1.78. The summed E-state index contributed by atoms with van der Waals surface area (Å²) in [7, 11) is 0. The van der Waals surface area contributed by atoms with Gasteiger partial charge in [-0.2, -0.15) is 5.26 Å². The lowest BCUT2D eigenvalue weighted by molar-refractivity contribution is 0.564. The normalized spacial score (nSPS) is 10.7. The average Bonchev–Trinajstić information content (AvgIpc) is 2.76. The molecule has 2 heterocycles. The second-order valence-corrected chi connectivity index (χ2v) is 7.20. The second kappa shape index (κ2) is 8.40. The minimum atomic E-state index is -0.718. The average molecular weight is 429 g/mol. The molecule has 0 fully saturated rings. The van der Waals surface area contributed by atoms with Crippen LogP contribution in [0.1, 0.15) is 16.7 Å². The van der Waals surface area contributed by atoms with Crippen molar-refractivity contribution < 1.29 is 8.78 Å². The second-order valence-electron chi connectivity index (χ2n) is 7.20. The van der Waals surface area contributed by atoms with Gasteiger partial charge in [-0.1, -0.05) is 18.2 Å². The maximum absolute atomic E-state index is 13.9. The van der Waals surface area contributed by atoms with Gasteiger partial charge in [-0.3, -0.25) is 4.79 Å². The Balaban J connectivity index is 1.71. The van der Waals surface area contributed by atoms with Gasteiger partial charge < -0.3 is 10.3 Å². The third kappa shape index (κ3) is 4.09. The first-order valence-electron chi connectivity index (χ1n) is 9.65. The van der Waals surface area contributed by atoms with E-state index in [9.17, 15) is 18.8 Å². The molecule has 0 radical (unpaired) electrons. The van der Waals surface area contributed by atoms with E-state index in [-0.39, 0.29) is 23.6 Å². The van der Waals surface area contributed by atoms with Crippen molar-refractivity contribution in [2.75, 3.05) is 5.73 Å². The first-order chi connectivity index (χ1) is 15.4. The number of nitrogen functional groups attached to an aromatic ring is 1. The molecular weight excluding hydrogens is 412 g/mol. The number of halogens is 2. The van der Waals surface area contributed by atoms with E-state index < -0.39 is 11.6 Å². The van der Waals surface area contributed by atoms with Gasteiger partial charge in [0.1, 0.15) is 11.6 Å². The lowest BCUT2D eigenvalue weighted by atomic mass is 9.99. The van der Waals surface area contributed by atoms with Crippen LogP contribution < -0.4 is 11.3 Å². The molecule has 2 N–H and O–H groups in total. The smallest absolute Gasteiger partial charge is 0.251 e. The zero-order chi connectivity index (χ0) is 22.8. The maximum atomic E-state index is 13.9. The van der Waals surface area contributed by atoms with Crippen molar-refractivity contribution in [3.8, 4) is 28.6 Å². The summed E-state index contributed by atoms with van der Waals surface area (Å²) in [6.07, 6.45) is 1.51. The number of aromatic nitrogens is 3. The monoisotopic (exact) mass is 429 g/mol. The van der Waals surface area contributed by atoms with Crippen molar-refractivity contribution in [3.05, 3.63) is 99.5 Å². The van der Waals surface area contributed by atoms with Crippen LogP contribution in [-0.4, -0.2) is 14.5 Å². The van der Waals surface area contributed by atoms with Crippen molar-refractivity contribution in [1.29, 1.82) is 5.26 Å². The third-order valence-electron chi connectivity index (χ3n) is 5.12. The molecule has 0 unspecified atom stereocenters. The zero-order valence-electron chi connectivity index (χ0n) is 17.0. The molecule has 0 aliphatic rings. The van der Waals surface area contributed by atoms with Gasteiger partial charge in [-0.05, 0) is 36.8 Å². The van der Waals surface area contributed by atoms with Gasteiger partial charge in [0.15, 0.2) is 0 Å². The fourth-order valence-corrected chi connectivity index (χ4v) is 3.42. The van der Waals surface area contributed by atoms with Crippen molar-refractivity contribution in [2.45, 2.75) is 13.5 Å². The summed E-state index contributed by atoms with van der Waals surface area (Å²) in [5, 5.41) is 9.28. The van der Waals surface area contributed by atoms with E-state index in [1.165, 1.54) is 22.9 Å². The predicted octanol–water partition coefficient (Wildman–Crippen LogP) is 4.06. The van der Waals surface area contributed by atoms with Crippen LogP contribution in [-0.2, 0) is 6.54 Å². The van der Waals surface area contributed by atoms with Gasteiger partial charge in [0, 0.05) is 35.0 Å². The highest BCUT2D eigenvalue weighted by atomic mass is 19.1. The molecule has 32 heavy (non-hydrogen) atoms. The number of pyridine rings is 1. The maximum Gasteiger partial charge on any atom is 0.251 e. The molecule has 0 atom stereocenters. The van der Waals surface area contributed by atoms with E-state index in [0.717, 1.165) is 23.3 Å². The summed E-state index contributed by atoms with van der Waals surface area (Å²) >= 11 is 0. The first-order valence-corrected chi connectivity index (χ1v) is 9.65. The summed E-state index contributed by atoms with van der Waals surface area (Å²) < 4.78 is 28.4. The molecular formula is C24H17F2N5O. The van der Waals surface area contributed by atoms with E-state index in [2.05, 4.69) is 16.0 Å². The molecule has 6 nitrogen and oxygen atoms in total. The molecule has 2 aromatic heterocycles. The Morgan fingerprint density at radius 1 is 1.06 bits per heavy atom. The molecule has 0 aliphatic heterocycles. The van der Waals surface area contributed by atoms with Crippen LogP contribution in [0.2, 0.25) is 0 Å². The molecule has 2 aromatic carbocycles. The third-order valence-corrected chi connectivity index (χ3v) is 5.12. The molecule has 0 saturated heterocycles. The number of nitrogens with two attached hydrogens (primary N) is 1. The summed E-state index contributed by atoms with van der Waals surface area (Å²) in [5.41, 5.74) is 9.22. The van der Waals surface area contributed by atoms with Crippen LogP contribution in [0.5, 0.6) is 0 Å². The predicted molar refractivity (Wildman–Crippen MR) is 116 cm³/mol. The lowest BCUT2D eigenvalue weighted by Crippen LogP contribution is -2.20. The fourth-order valence-electron chi connectivity index (χ4n) is 3.42. The van der Waals surface area contributed by atoms with Crippen LogP contribution in [0.4, 0.5) is 14.7 Å².